The van der Waals surface area contributed by atoms with Crippen molar-refractivity contribution in [3.63, 3.8) is 0 Å². The number of hydrogen-bond donors (Lipinski definition) is 1. The lowest BCUT2D eigenvalue weighted by Crippen LogP contribution is -2.14. The minimum atomic E-state index is -0.162. The standard InChI is InChI=1S/C17H13Br2N3OS/c1-9-4-3-5-10(2)14(9)15(23)20-17-22-21-16(24-17)11-6-7-12(18)13(19)8-11/h3-8H,1-2H3,(H,20,22,23). The number of nitrogens with zero attached hydrogens (tertiary/aromatic N) is 2. The third kappa shape index (κ3) is 3.58. The minimum Gasteiger partial charge on any atom is -0.296 e. The summed E-state index contributed by atoms with van der Waals surface area (Å²) in [5.74, 6) is -0.162. The molecule has 2 aromatic carbocycles. The molecular weight excluding hydrogens is 454 g/mol. The van der Waals surface area contributed by atoms with Crippen LogP contribution in [0.25, 0.3) is 10.6 Å². The van der Waals surface area contributed by atoms with E-state index in [9.17, 15) is 4.79 Å². The lowest BCUT2D eigenvalue weighted by molar-refractivity contribution is 0.102. The molecule has 3 aromatic rings. The Balaban J connectivity index is 1.83. The molecule has 0 aliphatic heterocycles. The molecule has 0 bridgehead atoms. The highest BCUT2D eigenvalue weighted by Gasteiger charge is 2.15. The summed E-state index contributed by atoms with van der Waals surface area (Å²) in [4.78, 5) is 12.5. The highest BCUT2D eigenvalue weighted by molar-refractivity contribution is 9.13. The maximum Gasteiger partial charge on any atom is 0.258 e. The number of halogens is 2. The third-order valence-electron chi connectivity index (χ3n) is 3.52. The van der Waals surface area contributed by atoms with Crippen LogP contribution in [0.4, 0.5) is 5.13 Å². The number of hydrogen-bond acceptors (Lipinski definition) is 4. The summed E-state index contributed by atoms with van der Waals surface area (Å²) < 4.78 is 1.91. The van der Waals surface area contributed by atoms with Crippen LogP contribution in [0.15, 0.2) is 45.3 Å². The maximum absolute atomic E-state index is 12.5. The first-order valence-corrected chi connectivity index (χ1v) is 9.52. The van der Waals surface area contributed by atoms with E-state index < -0.39 is 0 Å². The zero-order valence-corrected chi connectivity index (χ0v) is 16.9. The van der Waals surface area contributed by atoms with E-state index in [-0.39, 0.29) is 5.91 Å². The molecular formula is C17H13Br2N3OS. The first-order chi connectivity index (χ1) is 11.5. The smallest absolute Gasteiger partial charge is 0.258 e. The number of carbonyl (C=O) groups excluding carboxylic acids is 1. The number of carbonyl (C=O) groups is 1. The number of amides is 1. The van der Waals surface area contributed by atoms with Crippen molar-refractivity contribution in [3.05, 3.63) is 62.0 Å². The van der Waals surface area contributed by atoms with Crippen LogP contribution < -0.4 is 5.32 Å². The zero-order chi connectivity index (χ0) is 17.3. The van der Waals surface area contributed by atoms with E-state index in [1.54, 1.807) is 0 Å². The SMILES string of the molecule is Cc1cccc(C)c1C(=O)Nc1nnc(-c2ccc(Br)c(Br)c2)s1. The van der Waals surface area contributed by atoms with E-state index in [1.165, 1.54) is 11.3 Å². The van der Waals surface area contributed by atoms with Gasteiger partial charge in [-0.3, -0.25) is 10.1 Å². The van der Waals surface area contributed by atoms with Crippen LogP contribution in [0, 0.1) is 13.8 Å². The van der Waals surface area contributed by atoms with E-state index in [4.69, 9.17) is 0 Å². The molecule has 1 N–H and O–H groups in total. The van der Waals surface area contributed by atoms with E-state index in [1.807, 2.05) is 50.2 Å². The first-order valence-electron chi connectivity index (χ1n) is 7.12. The average molecular weight is 467 g/mol. The Bertz CT molecular complexity index is 904. The number of nitrogens with one attached hydrogen (secondary N) is 1. The molecule has 0 unspecified atom stereocenters. The molecule has 3 rings (SSSR count). The molecule has 0 radical (unpaired) electrons. The van der Waals surface area contributed by atoms with Crippen LogP contribution in [-0.4, -0.2) is 16.1 Å². The van der Waals surface area contributed by atoms with Gasteiger partial charge in [0.2, 0.25) is 5.13 Å². The number of rotatable bonds is 3. The molecule has 7 heteroatoms. The van der Waals surface area contributed by atoms with Crippen LogP contribution in [0.3, 0.4) is 0 Å². The van der Waals surface area contributed by atoms with Gasteiger partial charge in [0.1, 0.15) is 5.01 Å². The largest absolute Gasteiger partial charge is 0.296 e. The molecule has 0 saturated carbocycles. The van der Waals surface area contributed by atoms with E-state index in [2.05, 4.69) is 47.4 Å². The molecule has 1 aromatic heterocycles. The highest BCUT2D eigenvalue weighted by Crippen LogP contribution is 2.32. The van der Waals surface area contributed by atoms with Gasteiger partial charge in [0.25, 0.3) is 5.91 Å². The molecule has 1 heterocycles. The lowest BCUT2D eigenvalue weighted by Gasteiger charge is -2.08. The quantitative estimate of drug-likeness (QED) is 0.546. The molecule has 1 amide bonds. The summed E-state index contributed by atoms with van der Waals surface area (Å²) in [5, 5.41) is 12.3. The predicted octanol–water partition coefficient (Wildman–Crippen LogP) is 5.60. The van der Waals surface area contributed by atoms with Gasteiger partial charge in [-0.15, -0.1) is 10.2 Å². The predicted molar refractivity (Wildman–Crippen MR) is 105 cm³/mol. The van der Waals surface area contributed by atoms with Crippen molar-refractivity contribution in [1.82, 2.24) is 10.2 Å². The second kappa shape index (κ2) is 7.13. The molecule has 24 heavy (non-hydrogen) atoms. The van der Waals surface area contributed by atoms with E-state index >= 15 is 0 Å². The van der Waals surface area contributed by atoms with Gasteiger partial charge in [-0.1, -0.05) is 35.6 Å². The van der Waals surface area contributed by atoms with Gasteiger partial charge >= 0.3 is 0 Å². The van der Waals surface area contributed by atoms with Crippen LogP contribution in [0.2, 0.25) is 0 Å². The normalized spacial score (nSPS) is 10.7. The first kappa shape index (κ1) is 17.3. The third-order valence-corrected chi connectivity index (χ3v) is 6.29. The summed E-state index contributed by atoms with van der Waals surface area (Å²) >= 11 is 8.26. The second-order valence-corrected chi connectivity index (χ2v) is 7.95. The molecule has 0 saturated heterocycles. The Morgan fingerprint density at radius 3 is 2.42 bits per heavy atom. The Morgan fingerprint density at radius 1 is 1.04 bits per heavy atom. The summed E-state index contributed by atoms with van der Waals surface area (Å²) in [7, 11) is 0. The fourth-order valence-corrected chi connectivity index (χ4v) is 3.71. The summed E-state index contributed by atoms with van der Waals surface area (Å²) in [6.07, 6.45) is 0. The molecule has 0 aliphatic carbocycles. The van der Waals surface area contributed by atoms with E-state index in [0.717, 1.165) is 30.6 Å². The summed E-state index contributed by atoms with van der Waals surface area (Å²) in [5.41, 5.74) is 3.50. The Kier molecular flexibility index (Phi) is 5.12. The van der Waals surface area contributed by atoms with Crippen molar-refractivity contribution < 1.29 is 4.79 Å². The zero-order valence-electron chi connectivity index (χ0n) is 12.9. The molecule has 0 aliphatic rings. The molecule has 0 atom stereocenters. The molecule has 122 valence electrons. The van der Waals surface area contributed by atoms with Crippen LogP contribution in [-0.2, 0) is 0 Å². The van der Waals surface area contributed by atoms with Crippen molar-refractivity contribution in [2.24, 2.45) is 0 Å². The second-order valence-electron chi connectivity index (χ2n) is 5.26. The Labute approximate surface area is 160 Å². The van der Waals surface area contributed by atoms with Crippen molar-refractivity contribution in [1.29, 1.82) is 0 Å². The number of anilines is 1. The number of benzene rings is 2. The van der Waals surface area contributed by atoms with Gasteiger partial charge in [0, 0.05) is 20.1 Å². The maximum atomic E-state index is 12.5. The fraction of sp³-hybridized carbons (Fsp3) is 0.118. The van der Waals surface area contributed by atoms with Gasteiger partial charge in [-0.05, 0) is 69.0 Å². The number of aromatic nitrogens is 2. The monoisotopic (exact) mass is 465 g/mol. The Morgan fingerprint density at radius 2 is 1.75 bits per heavy atom. The summed E-state index contributed by atoms with van der Waals surface area (Å²) in [6, 6.07) is 11.6. The minimum absolute atomic E-state index is 0.162. The Hall–Kier alpha value is -1.57. The molecule has 0 fully saturated rings. The van der Waals surface area contributed by atoms with Crippen LogP contribution in [0.5, 0.6) is 0 Å². The van der Waals surface area contributed by atoms with Crippen molar-refractivity contribution in [2.75, 3.05) is 5.32 Å². The van der Waals surface area contributed by atoms with Gasteiger partial charge in [0.05, 0.1) is 0 Å². The average Bonchev–Trinajstić information content (AvgIpc) is 2.98. The molecule has 4 nitrogen and oxygen atoms in total. The lowest BCUT2D eigenvalue weighted by atomic mass is 10.0. The van der Waals surface area contributed by atoms with Gasteiger partial charge in [0.15, 0.2) is 0 Å². The van der Waals surface area contributed by atoms with Crippen molar-refractivity contribution in [3.8, 4) is 10.6 Å². The van der Waals surface area contributed by atoms with Gasteiger partial charge in [-0.25, -0.2) is 0 Å². The topological polar surface area (TPSA) is 54.9 Å². The van der Waals surface area contributed by atoms with E-state index in [0.29, 0.717) is 10.7 Å². The highest BCUT2D eigenvalue weighted by atomic mass is 79.9. The van der Waals surface area contributed by atoms with Gasteiger partial charge in [-0.2, -0.15) is 0 Å². The van der Waals surface area contributed by atoms with Crippen LogP contribution in [0.1, 0.15) is 21.5 Å². The van der Waals surface area contributed by atoms with Gasteiger partial charge < -0.3 is 0 Å². The van der Waals surface area contributed by atoms with Crippen LogP contribution >= 0.6 is 43.2 Å². The van der Waals surface area contributed by atoms with Crippen molar-refractivity contribution in [2.45, 2.75) is 13.8 Å². The molecule has 0 spiro atoms. The fourth-order valence-electron chi connectivity index (χ4n) is 2.35. The summed E-state index contributed by atoms with van der Waals surface area (Å²) in [6.45, 7) is 3.85. The van der Waals surface area contributed by atoms with Crippen molar-refractivity contribution >= 4 is 54.2 Å². The number of aryl methyl sites for hydroxylation is 2.